The molecule has 8 amide bonds. The van der Waals surface area contributed by atoms with Gasteiger partial charge in [0.2, 0.25) is 51.3 Å². The summed E-state index contributed by atoms with van der Waals surface area (Å²) in [7, 11) is -49.0. The molecule has 0 saturated carbocycles. The molecule has 0 aromatic carbocycles. The molecule has 844 valence electrons. The Morgan fingerprint density at radius 1 is 0.282 bits per heavy atom. The number of carbonyl (C=O) groups is 8. The maximum Gasteiger partial charge on any atom is 0.472 e. The fourth-order valence-electron chi connectivity index (χ4n) is 16.4. The Balaban J connectivity index is 0.596. The van der Waals surface area contributed by atoms with Gasteiger partial charge >= 0.3 is 81.8 Å². The molecule has 0 bridgehead atoms. The van der Waals surface area contributed by atoms with Crippen molar-refractivity contribution < 1.29 is 262 Å². The van der Waals surface area contributed by atoms with Gasteiger partial charge in [-0.2, -0.15) is 0 Å². The lowest BCUT2D eigenvalue weighted by atomic mass is 10.2. The monoisotopic (exact) mass is 2330 g/mol. The molecule has 10 saturated heterocycles. The molecule has 72 nitrogen and oxygen atoms in total. The van der Waals surface area contributed by atoms with Crippen molar-refractivity contribution in [3.05, 3.63) is 65.2 Å². The number of aryl methyl sites for hydroxylation is 2. The molecule has 2 aromatic heterocycles. The maximum atomic E-state index is 13.8. The van der Waals surface area contributed by atoms with Gasteiger partial charge in [-0.15, -0.1) is 0 Å². The van der Waals surface area contributed by atoms with Crippen LogP contribution in [-0.2, 0) is 208 Å². The molecule has 10 aliphatic heterocycles. The first kappa shape index (κ1) is 121. The van der Waals surface area contributed by atoms with Gasteiger partial charge in [0, 0.05) is 87.7 Å². The SMILES string of the molecule is Cc1cn([C@H]2C[C@H](OP(=O)(O)OC[C@H]3O[C@@H](NC=O)C[C@@H]3OP(=O)(O)OC[C@H]3O[C@@H](NC=O)C[C@@H]3OP(=O)(O)OC[C@H]3O[C@@H](NC=O)C[C@@H]3OP(=O)(O)OC[C@H]3O[C@@H](NC=O)C[C@@H]3OP(=O)(O)OC[C@H]3O[C@@H](NC=O)C[C@@H]3OP(=O)(O)OC[C@H]3O[C@@H](NC=O)C[C@@H]3OP(=O)(O)OC[C@H]3O[C@@H](NC=O)C[C@@H]3OP(=O)(O)OC[C@H]3O[C@@H](NC=O)C[C@@H]3OP(=O)(O)OC[C@H]3O[C@@H](n4cc(C)c(=O)[nH]c4=O)C[C@@H]3O)[C@@H](CO)O2)c(=O)[nH]c1=O. The number of rotatable bonds is 64. The number of phosphoric ester groups is 9. The molecule has 21 N–H and O–H groups in total. The average molecular weight is 2330 g/mol. The quantitative estimate of drug-likeness (QED) is 0.0216. The highest BCUT2D eigenvalue weighted by Gasteiger charge is 2.55. The van der Waals surface area contributed by atoms with Gasteiger partial charge < -0.3 is 144 Å². The van der Waals surface area contributed by atoms with Crippen molar-refractivity contribution in [2.24, 2.45) is 0 Å². The fourth-order valence-corrected chi connectivity index (χ4v) is 25.0. The second-order valence-corrected chi connectivity index (χ2v) is 46.2. The molecule has 2 aromatic rings. The lowest BCUT2D eigenvalue weighted by Crippen LogP contribution is -2.33. The first-order valence-electron chi connectivity index (χ1n) is 44.2. The van der Waals surface area contributed by atoms with E-state index < -0.39 is 395 Å². The number of amides is 8. The molecule has 12 rings (SSSR count). The van der Waals surface area contributed by atoms with E-state index in [0.29, 0.717) is 0 Å². The number of aliphatic hydroxyl groups excluding tert-OH is 2. The van der Waals surface area contributed by atoms with Crippen LogP contribution >= 0.6 is 70.4 Å². The van der Waals surface area contributed by atoms with E-state index in [1.54, 1.807) is 0 Å². The predicted molar refractivity (Wildman–Crippen MR) is 468 cm³/mol. The average Bonchev–Trinajstić information content (AvgIpc) is 1.66. The van der Waals surface area contributed by atoms with Crippen molar-refractivity contribution in [1.82, 2.24) is 61.6 Å². The molecule has 10 fully saturated rings. The molecule has 81 heteroatoms. The second-order valence-electron chi connectivity index (χ2n) is 33.6. The van der Waals surface area contributed by atoms with E-state index in [0.717, 1.165) is 15.3 Å². The zero-order valence-electron chi connectivity index (χ0n) is 77.1. The van der Waals surface area contributed by atoms with E-state index >= 15 is 0 Å². The van der Waals surface area contributed by atoms with E-state index in [-0.39, 0.29) is 75.2 Å². The summed E-state index contributed by atoms with van der Waals surface area (Å²) in [6.07, 6.45) is -47.4. The van der Waals surface area contributed by atoms with E-state index in [1.807, 2.05) is 0 Å². The van der Waals surface area contributed by atoms with Gasteiger partial charge in [0.25, 0.3) is 11.1 Å². The Hall–Kier alpha value is -6.37. The number of aliphatic hydroxyl groups is 2. The Morgan fingerprint density at radius 2 is 0.450 bits per heavy atom. The van der Waals surface area contributed by atoms with Crippen molar-refractivity contribution in [2.75, 3.05) is 66.1 Å². The van der Waals surface area contributed by atoms with Crippen molar-refractivity contribution >= 4 is 122 Å². The zero-order chi connectivity index (χ0) is 109. The van der Waals surface area contributed by atoms with Gasteiger partial charge in [0.15, 0.2) is 0 Å². The highest BCUT2D eigenvalue weighted by molar-refractivity contribution is 7.49. The van der Waals surface area contributed by atoms with Crippen LogP contribution in [0.1, 0.15) is 87.8 Å². The molecule has 10 aliphatic rings. The van der Waals surface area contributed by atoms with Crippen molar-refractivity contribution in [3.8, 4) is 0 Å². The minimum Gasteiger partial charge on any atom is -0.394 e. The number of aromatic nitrogens is 4. The smallest absolute Gasteiger partial charge is 0.394 e. The summed E-state index contributed by atoms with van der Waals surface area (Å²) in [5, 5.41) is 38.3. The van der Waals surface area contributed by atoms with Crippen LogP contribution in [0.5, 0.6) is 0 Å². The number of H-pyrrole nitrogens is 2. The van der Waals surface area contributed by atoms with Crippen LogP contribution in [0.4, 0.5) is 0 Å². The number of carbonyl (C=O) groups excluding carboxylic acids is 8. The summed E-state index contributed by atoms with van der Waals surface area (Å²) in [5.41, 5.74) is -2.98. The molecular formula is C68H107N12O60P9. The van der Waals surface area contributed by atoms with E-state index in [4.69, 9.17) is 129 Å². The lowest BCUT2D eigenvalue weighted by Gasteiger charge is -2.26. The Bertz CT molecular complexity index is 5570. The van der Waals surface area contributed by atoms with Gasteiger partial charge in [-0.1, -0.05) is 0 Å². The largest absolute Gasteiger partial charge is 0.472 e. The van der Waals surface area contributed by atoms with Crippen LogP contribution in [0.2, 0.25) is 0 Å². The minimum absolute atomic E-state index is 0.0906. The van der Waals surface area contributed by atoms with Crippen molar-refractivity contribution in [3.63, 3.8) is 0 Å². The third-order valence-electron chi connectivity index (χ3n) is 23.1. The van der Waals surface area contributed by atoms with Crippen molar-refractivity contribution in [2.45, 2.75) is 262 Å². The van der Waals surface area contributed by atoms with Gasteiger partial charge in [0.05, 0.1) is 72.2 Å². The summed E-state index contributed by atoms with van der Waals surface area (Å²) in [6, 6.07) is 0. The number of phosphoric acid groups is 9. The molecular weight excluding hydrogens is 2220 g/mol. The van der Waals surface area contributed by atoms with Gasteiger partial charge in [-0.05, 0) is 13.8 Å². The molecule has 12 heterocycles. The third-order valence-corrected chi connectivity index (χ3v) is 32.3. The first-order valence-corrected chi connectivity index (χ1v) is 57.7. The number of aromatic amines is 2. The van der Waals surface area contributed by atoms with Gasteiger partial charge in [0.1, 0.15) is 178 Å². The number of hydrogen-bond acceptors (Lipinski definition) is 51. The van der Waals surface area contributed by atoms with Crippen LogP contribution in [0, 0.1) is 13.8 Å². The Labute approximate surface area is 836 Å². The molecule has 0 aliphatic carbocycles. The van der Waals surface area contributed by atoms with Gasteiger partial charge in [-0.3, -0.25) is 148 Å². The van der Waals surface area contributed by atoms with Crippen LogP contribution in [0.25, 0.3) is 0 Å². The Kier molecular flexibility index (Phi) is 43.2. The molecule has 149 heavy (non-hydrogen) atoms. The normalized spacial score (nSPS) is 35.6. The molecule has 0 radical (unpaired) electrons. The minimum atomic E-state index is -5.55. The first-order chi connectivity index (χ1) is 70.2. The number of hydrogen-bond donors (Lipinski definition) is 21. The van der Waals surface area contributed by atoms with E-state index in [9.17, 15) is 153 Å². The highest BCUT2D eigenvalue weighted by Crippen LogP contribution is 2.59. The standard InChI is InChI=1S/C68H107N12O60P9/c1-33-13-79(67(93)77-65(33)91)63-3-35(90)46(131-63)16-113-141(95,96)132-36-4-55(69-25-82)122-47(36)17-114-142(97,98)133-37-5-56(70-26-83)123-48(37)18-115-143(99,100)134-38-6-57(71-27-84)124-49(38)19-116-144(101,102)135-39-7-58(72-28-85)125-50(39)20-117-145(103,104)136-40-8-59(73-29-86)126-51(40)21-118-146(105,106)137-41-9-60(74-30-87)127-52(41)22-119-147(107,108)138-42-10-61(75-31-88)128-53(42)23-120-148(109,110)139-43-11-62(76-32-89)129-54(43)24-121-149(111,112)140-44-12-64(130-45(44)15-81)80-14-34(2)66(92)78-68(80)94/h13-14,25-32,35-64,81,90H,3-12,15-24H2,1-2H3,(H,69,82)(H,70,83)(H,71,84)(H,72,85)(H,73,86)(H,74,87)(H,75,88)(H,76,89)(H,95,96)(H,97,98)(H,99,100)(H,101,102)(H,103,104)(H,105,106)(H,107,108)(H,109,110)(H,111,112)(H,77,91,93)(H,78,92,94)/t35-,36-,37-,38-,39-,40-,41-,42-,43-,44-,45+,46+,47+,48+,49+,50+,51+,52+,53+,54+,55+,56+,57+,58+,59+,60+,61+,62+,63+,64+/m0/s1. The summed E-state index contributed by atoms with van der Waals surface area (Å²) in [4.78, 5) is 244. The summed E-state index contributed by atoms with van der Waals surface area (Å²) >= 11 is 0. The van der Waals surface area contributed by atoms with Gasteiger partial charge in [-0.25, -0.2) is 50.7 Å². The zero-order valence-corrected chi connectivity index (χ0v) is 85.1. The summed E-state index contributed by atoms with van der Waals surface area (Å²) in [5.74, 6) is 0. The van der Waals surface area contributed by atoms with Crippen LogP contribution in [-0.4, -0.2) is 363 Å². The van der Waals surface area contributed by atoms with Crippen molar-refractivity contribution in [1.29, 1.82) is 0 Å². The molecule has 39 atom stereocenters. The second kappa shape index (κ2) is 53.1. The number of ether oxygens (including phenoxy) is 10. The van der Waals surface area contributed by atoms with E-state index in [1.165, 1.54) is 20.0 Å². The summed E-state index contributed by atoms with van der Waals surface area (Å²) in [6.45, 7) is -7.57. The predicted octanol–water partition coefficient (Wildman–Crippen LogP) is -6.96. The van der Waals surface area contributed by atoms with Crippen LogP contribution in [0.15, 0.2) is 31.6 Å². The van der Waals surface area contributed by atoms with E-state index in [2.05, 4.69) is 52.5 Å². The number of nitrogens with one attached hydrogen (secondary N) is 10. The molecule has 0 spiro atoms. The van der Waals surface area contributed by atoms with Crippen LogP contribution < -0.4 is 65.0 Å². The maximum absolute atomic E-state index is 13.8. The third kappa shape index (κ3) is 35.6. The Morgan fingerprint density at radius 3 is 0.631 bits per heavy atom. The lowest BCUT2D eigenvalue weighted by molar-refractivity contribution is -0.115. The van der Waals surface area contributed by atoms with Crippen LogP contribution in [0.3, 0.4) is 0 Å². The topological polar surface area (TPSA) is 977 Å². The highest BCUT2D eigenvalue weighted by atomic mass is 31.2. The fraction of sp³-hybridized carbons (Fsp3) is 0.765. The number of nitrogens with zero attached hydrogens (tertiary/aromatic N) is 2. The summed E-state index contributed by atoms with van der Waals surface area (Å²) < 4.78 is 275. The molecule has 9 unspecified atom stereocenters.